The molecule has 146 valence electrons. The minimum atomic E-state index is -3.90. The number of halogens is 1. The van der Waals surface area contributed by atoms with Gasteiger partial charge in [0, 0.05) is 36.6 Å². The average molecular weight is 474 g/mol. The molecule has 1 saturated heterocycles. The van der Waals surface area contributed by atoms with E-state index < -0.39 is 19.9 Å². The van der Waals surface area contributed by atoms with E-state index in [2.05, 4.69) is 30.5 Å². The fraction of sp³-hybridized carbons (Fsp3) is 0.353. The number of hydrogen-bond donors (Lipinski definition) is 1. The summed E-state index contributed by atoms with van der Waals surface area (Å²) in [6.07, 6.45) is 4.96. The molecule has 7 nitrogen and oxygen atoms in total. The van der Waals surface area contributed by atoms with Crippen LogP contribution in [0.5, 0.6) is 0 Å². The third-order valence-electron chi connectivity index (χ3n) is 4.33. The van der Waals surface area contributed by atoms with E-state index in [1.54, 1.807) is 12.3 Å². The van der Waals surface area contributed by atoms with Crippen LogP contribution < -0.4 is 9.62 Å². The van der Waals surface area contributed by atoms with Crippen LogP contribution in [0, 0.1) is 0 Å². The summed E-state index contributed by atoms with van der Waals surface area (Å²) >= 11 is 3.18. The van der Waals surface area contributed by atoms with Crippen molar-refractivity contribution in [3.05, 3.63) is 46.6 Å². The molecule has 1 aromatic heterocycles. The molecular weight excluding hydrogens is 454 g/mol. The van der Waals surface area contributed by atoms with Crippen molar-refractivity contribution in [1.82, 2.24) is 9.71 Å². The molecule has 1 aromatic carbocycles. The first-order chi connectivity index (χ1) is 12.7. The van der Waals surface area contributed by atoms with Gasteiger partial charge in [0.05, 0.1) is 9.79 Å². The van der Waals surface area contributed by atoms with Gasteiger partial charge in [-0.3, -0.25) is 0 Å². The highest BCUT2D eigenvalue weighted by Crippen LogP contribution is 2.25. The van der Waals surface area contributed by atoms with Gasteiger partial charge in [0.2, 0.25) is 10.0 Å². The Morgan fingerprint density at radius 1 is 1.11 bits per heavy atom. The lowest BCUT2D eigenvalue weighted by atomic mass is 10.2. The molecule has 0 spiro atoms. The largest absolute Gasteiger partial charge is 0.357 e. The normalized spacial score (nSPS) is 15.3. The maximum atomic E-state index is 12.7. The Hall–Kier alpha value is -1.49. The van der Waals surface area contributed by atoms with Crippen LogP contribution >= 0.6 is 15.9 Å². The molecule has 0 saturated carbocycles. The molecule has 1 aliphatic heterocycles. The van der Waals surface area contributed by atoms with Crippen molar-refractivity contribution in [2.45, 2.75) is 29.2 Å². The number of hydrogen-bond acceptors (Lipinski definition) is 6. The second kappa shape index (κ2) is 7.86. The number of anilines is 1. The standard InChI is InChI=1S/C17H20BrN3O4S2/c1-26(22,23)14-4-5-15(18)16(11-14)27(24,25)20-12-13-6-7-19-17(10-13)21-8-2-3-9-21/h4-7,10-11,20H,2-3,8-9,12H2,1H3. The average Bonchev–Trinajstić information content (AvgIpc) is 3.14. The fourth-order valence-electron chi connectivity index (χ4n) is 2.87. The zero-order valence-electron chi connectivity index (χ0n) is 14.7. The van der Waals surface area contributed by atoms with E-state index in [1.165, 1.54) is 12.1 Å². The number of nitrogens with one attached hydrogen (secondary N) is 1. The number of sulfone groups is 1. The second-order valence-corrected chi connectivity index (χ2v) is 11.0. The number of nitrogens with zero attached hydrogens (tertiary/aromatic N) is 2. The lowest BCUT2D eigenvalue weighted by molar-refractivity contribution is 0.580. The van der Waals surface area contributed by atoms with E-state index in [0.717, 1.165) is 49.6 Å². The van der Waals surface area contributed by atoms with E-state index in [1.807, 2.05) is 6.07 Å². The first-order valence-electron chi connectivity index (χ1n) is 8.36. The number of sulfonamides is 1. The minimum Gasteiger partial charge on any atom is -0.357 e. The predicted octanol–water partition coefficient (Wildman–Crippen LogP) is 2.33. The summed E-state index contributed by atoms with van der Waals surface area (Å²) in [7, 11) is -7.41. The van der Waals surface area contributed by atoms with Crippen molar-refractivity contribution < 1.29 is 16.8 Å². The molecule has 0 amide bonds. The SMILES string of the molecule is CS(=O)(=O)c1ccc(Br)c(S(=O)(=O)NCc2ccnc(N3CCCC3)c2)c1. The first kappa shape index (κ1) is 20.2. The van der Waals surface area contributed by atoms with Crippen LogP contribution in [0.2, 0.25) is 0 Å². The Morgan fingerprint density at radius 3 is 2.48 bits per heavy atom. The molecule has 0 bridgehead atoms. The summed E-state index contributed by atoms with van der Waals surface area (Å²) in [6.45, 7) is 1.99. The van der Waals surface area contributed by atoms with Crippen LogP contribution in [0.1, 0.15) is 18.4 Å². The van der Waals surface area contributed by atoms with Crippen LogP contribution in [0.3, 0.4) is 0 Å². The highest BCUT2D eigenvalue weighted by atomic mass is 79.9. The molecule has 1 N–H and O–H groups in total. The van der Waals surface area contributed by atoms with Crippen LogP contribution in [0.25, 0.3) is 0 Å². The third kappa shape index (κ3) is 4.87. The van der Waals surface area contributed by atoms with E-state index >= 15 is 0 Å². The molecule has 0 aliphatic carbocycles. The van der Waals surface area contributed by atoms with Gasteiger partial charge in [-0.2, -0.15) is 0 Å². The predicted molar refractivity (Wildman–Crippen MR) is 107 cm³/mol. The zero-order chi connectivity index (χ0) is 19.7. The number of benzene rings is 1. The second-order valence-electron chi connectivity index (χ2n) is 6.41. The maximum Gasteiger partial charge on any atom is 0.242 e. The first-order valence-corrected chi connectivity index (χ1v) is 12.5. The Morgan fingerprint density at radius 2 is 1.81 bits per heavy atom. The molecule has 10 heteroatoms. The van der Waals surface area contributed by atoms with Crippen molar-refractivity contribution in [2.24, 2.45) is 0 Å². The number of aromatic nitrogens is 1. The van der Waals surface area contributed by atoms with Gasteiger partial charge >= 0.3 is 0 Å². The molecule has 27 heavy (non-hydrogen) atoms. The summed E-state index contributed by atoms with van der Waals surface area (Å²) in [5, 5.41) is 0. The summed E-state index contributed by atoms with van der Waals surface area (Å²) in [5.41, 5.74) is 0.783. The summed E-state index contributed by atoms with van der Waals surface area (Å²) in [5.74, 6) is 0.837. The Kier molecular flexibility index (Phi) is 5.90. The van der Waals surface area contributed by atoms with Gasteiger partial charge in [-0.25, -0.2) is 26.5 Å². The van der Waals surface area contributed by atoms with E-state index in [4.69, 9.17) is 0 Å². The molecule has 0 radical (unpaired) electrons. The number of pyridine rings is 1. The van der Waals surface area contributed by atoms with Gasteiger partial charge in [-0.05, 0) is 64.7 Å². The van der Waals surface area contributed by atoms with Gasteiger partial charge in [0.25, 0.3) is 0 Å². The van der Waals surface area contributed by atoms with Crippen molar-refractivity contribution in [2.75, 3.05) is 24.2 Å². The van der Waals surface area contributed by atoms with Gasteiger partial charge in [0.15, 0.2) is 9.84 Å². The van der Waals surface area contributed by atoms with Crippen LogP contribution in [-0.2, 0) is 26.4 Å². The van der Waals surface area contributed by atoms with E-state index in [-0.39, 0.29) is 16.3 Å². The van der Waals surface area contributed by atoms with Gasteiger partial charge in [-0.15, -0.1) is 0 Å². The zero-order valence-corrected chi connectivity index (χ0v) is 17.9. The molecule has 2 heterocycles. The van der Waals surface area contributed by atoms with Crippen molar-refractivity contribution in [1.29, 1.82) is 0 Å². The molecule has 0 unspecified atom stereocenters. The molecule has 1 fully saturated rings. The lowest BCUT2D eigenvalue weighted by Crippen LogP contribution is -2.24. The molecule has 1 aliphatic rings. The van der Waals surface area contributed by atoms with Gasteiger partial charge in [0.1, 0.15) is 5.82 Å². The highest BCUT2D eigenvalue weighted by molar-refractivity contribution is 9.10. The summed E-state index contributed by atoms with van der Waals surface area (Å²) in [4.78, 5) is 6.36. The van der Waals surface area contributed by atoms with Crippen molar-refractivity contribution in [3.63, 3.8) is 0 Å². The van der Waals surface area contributed by atoms with Crippen LogP contribution in [0.15, 0.2) is 50.8 Å². The molecule has 2 aromatic rings. The smallest absolute Gasteiger partial charge is 0.242 e. The monoisotopic (exact) mass is 473 g/mol. The molecular formula is C17H20BrN3O4S2. The topological polar surface area (TPSA) is 96.4 Å². The maximum absolute atomic E-state index is 12.7. The fourth-order valence-corrected chi connectivity index (χ4v) is 5.59. The molecule has 3 rings (SSSR count). The Labute approximate surface area is 167 Å². The van der Waals surface area contributed by atoms with Crippen LogP contribution in [-0.4, -0.2) is 41.2 Å². The quantitative estimate of drug-likeness (QED) is 0.691. The number of rotatable bonds is 6. The summed E-state index contributed by atoms with van der Waals surface area (Å²) < 4.78 is 51.6. The van der Waals surface area contributed by atoms with E-state index in [0.29, 0.717) is 4.47 Å². The Balaban J connectivity index is 1.81. The lowest BCUT2D eigenvalue weighted by Gasteiger charge is -2.17. The van der Waals surface area contributed by atoms with Crippen LogP contribution in [0.4, 0.5) is 5.82 Å². The van der Waals surface area contributed by atoms with Gasteiger partial charge < -0.3 is 4.90 Å². The van der Waals surface area contributed by atoms with Crippen molar-refractivity contribution in [3.8, 4) is 0 Å². The van der Waals surface area contributed by atoms with Gasteiger partial charge in [-0.1, -0.05) is 0 Å². The highest BCUT2D eigenvalue weighted by Gasteiger charge is 2.21. The Bertz CT molecular complexity index is 1050. The van der Waals surface area contributed by atoms with Crippen molar-refractivity contribution >= 4 is 41.6 Å². The molecule has 0 atom stereocenters. The minimum absolute atomic E-state index is 0.0497. The van der Waals surface area contributed by atoms with E-state index in [9.17, 15) is 16.8 Å². The third-order valence-corrected chi connectivity index (χ3v) is 7.83. The summed E-state index contributed by atoms with van der Waals surface area (Å²) in [6, 6.07) is 7.57.